The summed E-state index contributed by atoms with van der Waals surface area (Å²) in [6.07, 6.45) is 2.27. The largest absolute Gasteiger partial charge is 0.354 e. The Morgan fingerprint density at radius 3 is 2.33 bits per heavy atom. The zero-order chi connectivity index (χ0) is 11.5. The monoisotopic (exact) mass is 211 g/mol. The molecule has 84 valence electrons. The molecule has 0 fully saturated rings. The topological polar surface area (TPSA) is 82.0 Å². The van der Waals surface area contributed by atoms with Gasteiger partial charge in [-0.1, -0.05) is 13.3 Å². The van der Waals surface area contributed by atoms with Crippen LogP contribution in [0.5, 0.6) is 0 Å². The molecule has 0 heterocycles. The number of amides is 2. The van der Waals surface area contributed by atoms with Crippen LogP contribution in [0.15, 0.2) is 0 Å². The van der Waals surface area contributed by atoms with Crippen LogP contribution in [0.4, 0.5) is 0 Å². The van der Waals surface area contributed by atoms with Crippen molar-refractivity contribution < 1.29 is 9.59 Å². The number of hydrogen-bond donors (Lipinski definition) is 2. The molecule has 0 aliphatic heterocycles. The van der Waals surface area contributed by atoms with E-state index in [1.165, 1.54) is 0 Å². The molecule has 0 radical (unpaired) electrons. The van der Waals surface area contributed by atoms with Crippen molar-refractivity contribution in [2.45, 2.75) is 32.6 Å². The SMILES string of the molecule is CCCCC(=O)NCCNC(=O)CC#N. The third-order valence-corrected chi connectivity index (χ3v) is 1.77. The number of rotatable bonds is 7. The second-order valence-electron chi connectivity index (χ2n) is 3.14. The molecule has 0 atom stereocenters. The van der Waals surface area contributed by atoms with E-state index in [0.29, 0.717) is 19.5 Å². The van der Waals surface area contributed by atoms with Gasteiger partial charge in [0.25, 0.3) is 0 Å². The first kappa shape index (κ1) is 13.4. The van der Waals surface area contributed by atoms with Gasteiger partial charge in [-0.3, -0.25) is 9.59 Å². The van der Waals surface area contributed by atoms with Gasteiger partial charge in [-0.25, -0.2) is 0 Å². The molecule has 0 unspecified atom stereocenters. The van der Waals surface area contributed by atoms with Crippen molar-refractivity contribution >= 4 is 11.8 Å². The standard InChI is InChI=1S/C10H17N3O2/c1-2-3-4-9(14)12-7-8-13-10(15)5-6-11/h2-5,7-8H2,1H3,(H,12,14)(H,13,15). The molecule has 2 N–H and O–H groups in total. The van der Waals surface area contributed by atoms with Crippen LogP contribution < -0.4 is 10.6 Å². The molecule has 5 heteroatoms. The highest BCUT2D eigenvalue weighted by molar-refractivity contribution is 5.78. The average molecular weight is 211 g/mol. The molecule has 0 saturated heterocycles. The summed E-state index contributed by atoms with van der Waals surface area (Å²) >= 11 is 0. The van der Waals surface area contributed by atoms with Gasteiger partial charge in [0.1, 0.15) is 6.42 Å². The van der Waals surface area contributed by atoms with E-state index in [4.69, 9.17) is 5.26 Å². The van der Waals surface area contributed by atoms with Crippen LogP contribution in [-0.4, -0.2) is 24.9 Å². The van der Waals surface area contributed by atoms with Crippen LogP contribution in [0.3, 0.4) is 0 Å². The molecule has 2 amide bonds. The molecule has 0 aromatic heterocycles. The Balaban J connectivity index is 3.35. The second kappa shape index (κ2) is 9.00. The molecule has 5 nitrogen and oxygen atoms in total. The Bertz CT molecular complexity index is 246. The zero-order valence-corrected chi connectivity index (χ0v) is 9.01. The van der Waals surface area contributed by atoms with Crippen molar-refractivity contribution in [1.29, 1.82) is 5.26 Å². The highest BCUT2D eigenvalue weighted by Gasteiger charge is 2.00. The summed E-state index contributed by atoms with van der Waals surface area (Å²) in [7, 11) is 0. The highest BCUT2D eigenvalue weighted by Crippen LogP contribution is 1.92. The minimum atomic E-state index is -0.305. The Morgan fingerprint density at radius 1 is 1.20 bits per heavy atom. The van der Waals surface area contributed by atoms with E-state index in [1.807, 2.05) is 6.92 Å². The van der Waals surface area contributed by atoms with E-state index >= 15 is 0 Å². The van der Waals surface area contributed by atoms with Crippen LogP contribution in [0.2, 0.25) is 0 Å². The van der Waals surface area contributed by atoms with Crippen LogP contribution in [-0.2, 0) is 9.59 Å². The lowest BCUT2D eigenvalue weighted by Gasteiger charge is -2.05. The molecule has 0 saturated carbocycles. The number of nitrogens with zero attached hydrogens (tertiary/aromatic N) is 1. The van der Waals surface area contributed by atoms with E-state index in [0.717, 1.165) is 12.8 Å². The van der Waals surface area contributed by atoms with Crippen LogP contribution in [0.25, 0.3) is 0 Å². The lowest BCUT2D eigenvalue weighted by molar-refractivity contribution is -0.122. The van der Waals surface area contributed by atoms with Crippen LogP contribution in [0, 0.1) is 11.3 Å². The van der Waals surface area contributed by atoms with Crippen LogP contribution in [0.1, 0.15) is 32.6 Å². The minimum Gasteiger partial charge on any atom is -0.354 e. The number of carbonyl (C=O) groups is 2. The first-order chi connectivity index (χ1) is 7.20. The molecular weight excluding hydrogens is 194 g/mol. The predicted octanol–water partition coefficient (Wildman–Crippen LogP) is 0.323. The summed E-state index contributed by atoms with van der Waals surface area (Å²) in [5.41, 5.74) is 0. The second-order valence-corrected chi connectivity index (χ2v) is 3.14. The number of carbonyl (C=O) groups excluding carboxylic acids is 2. The van der Waals surface area contributed by atoms with Crippen LogP contribution >= 0.6 is 0 Å². The zero-order valence-electron chi connectivity index (χ0n) is 9.01. The maximum absolute atomic E-state index is 11.1. The average Bonchev–Trinajstić information content (AvgIpc) is 2.22. The summed E-state index contributed by atoms with van der Waals surface area (Å²) in [5, 5.41) is 13.4. The van der Waals surface area contributed by atoms with Gasteiger partial charge < -0.3 is 10.6 Å². The Morgan fingerprint density at radius 2 is 1.80 bits per heavy atom. The van der Waals surface area contributed by atoms with Gasteiger partial charge in [-0.15, -0.1) is 0 Å². The predicted molar refractivity (Wildman–Crippen MR) is 55.8 cm³/mol. The van der Waals surface area contributed by atoms with Gasteiger partial charge >= 0.3 is 0 Å². The number of unbranched alkanes of at least 4 members (excludes halogenated alkanes) is 1. The van der Waals surface area contributed by atoms with E-state index < -0.39 is 0 Å². The van der Waals surface area contributed by atoms with Crippen molar-refractivity contribution in [3.05, 3.63) is 0 Å². The first-order valence-corrected chi connectivity index (χ1v) is 5.11. The number of hydrogen-bond acceptors (Lipinski definition) is 3. The highest BCUT2D eigenvalue weighted by atomic mass is 16.2. The Kier molecular flexibility index (Phi) is 8.06. The van der Waals surface area contributed by atoms with Crippen molar-refractivity contribution in [3.63, 3.8) is 0 Å². The number of nitrogens with one attached hydrogen (secondary N) is 2. The summed E-state index contributed by atoms with van der Waals surface area (Å²) in [6.45, 7) is 2.81. The van der Waals surface area contributed by atoms with Crippen molar-refractivity contribution in [2.75, 3.05) is 13.1 Å². The Hall–Kier alpha value is -1.57. The minimum absolute atomic E-state index is 0.00591. The normalized spacial score (nSPS) is 9.07. The van der Waals surface area contributed by atoms with E-state index in [9.17, 15) is 9.59 Å². The molecule has 0 bridgehead atoms. The van der Waals surface area contributed by atoms with E-state index in [-0.39, 0.29) is 18.2 Å². The van der Waals surface area contributed by atoms with Gasteiger partial charge in [-0.05, 0) is 6.42 Å². The fourth-order valence-corrected chi connectivity index (χ4v) is 0.964. The summed E-state index contributed by atoms with van der Waals surface area (Å²) in [5.74, 6) is -0.299. The number of nitriles is 1. The maximum atomic E-state index is 11.1. The lowest BCUT2D eigenvalue weighted by atomic mass is 10.2. The summed E-state index contributed by atoms with van der Waals surface area (Å²) in [6, 6.07) is 1.75. The smallest absolute Gasteiger partial charge is 0.234 e. The third-order valence-electron chi connectivity index (χ3n) is 1.77. The molecule has 0 rings (SSSR count). The third kappa shape index (κ3) is 8.75. The molecule has 0 aliphatic carbocycles. The van der Waals surface area contributed by atoms with Gasteiger partial charge in [0, 0.05) is 19.5 Å². The fourth-order valence-electron chi connectivity index (χ4n) is 0.964. The van der Waals surface area contributed by atoms with E-state index in [2.05, 4.69) is 10.6 Å². The van der Waals surface area contributed by atoms with Gasteiger partial charge in [0.2, 0.25) is 11.8 Å². The molecule has 0 aromatic rings. The maximum Gasteiger partial charge on any atom is 0.234 e. The lowest BCUT2D eigenvalue weighted by Crippen LogP contribution is -2.34. The molecular formula is C10H17N3O2. The molecule has 0 spiro atoms. The quantitative estimate of drug-likeness (QED) is 0.595. The van der Waals surface area contributed by atoms with Gasteiger partial charge in [0.15, 0.2) is 0 Å². The van der Waals surface area contributed by atoms with E-state index in [1.54, 1.807) is 6.07 Å². The van der Waals surface area contributed by atoms with Gasteiger partial charge in [0.05, 0.1) is 6.07 Å². The molecule has 0 aromatic carbocycles. The van der Waals surface area contributed by atoms with Gasteiger partial charge in [-0.2, -0.15) is 5.26 Å². The van der Waals surface area contributed by atoms with Crippen molar-refractivity contribution in [2.24, 2.45) is 0 Å². The van der Waals surface area contributed by atoms with Crippen molar-refractivity contribution in [3.8, 4) is 6.07 Å². The first-order valence-electron chi connectivity index (χ1n) is 5.11. The Labute approximate surface area is 89.8 Å². The summed E-state index contributed by atoms with van der Waals surface area (Å²) < 4.78 is 0. The molecule has 15 heavy (non-hydrogen) atoms. The fraction of sp³-hybridized carbons (Fsp3) is 0.700. The van der Waals surface area contributed by atoms with Crippen molar-refractivity contribution in [1.82, 2.24) is 10.6 Å². The summed E-state index contributed by atoms with van der Waals surface area (Å²) in [4.78, 5) is 21.9. The molecule has 0 aliphatic rings.